The summed E-state index contributed by atoms with van der Waals surface area (Å²) in [7, 11) is -3.51. The quantitative estimate of drug-likeness (QED) is 0.658. The van der Waals surface area contributed by atoms with Crippen LogP contribution >= 0.6 is 0 Å². The van der Waals surface area contributed by atoms with Crippen LogP contribution in [0, 0.1) is 0 Å². The molecule has 0 fully saturated rings. The van der Waals surface area contributed by atoms with Crippen LogP contribution in [-0.4, -0.2) is 66.2 Å². The zero-order valence-electron chi connectivity index (χ0n) is 12.7. The molecule has 1 aromatic heterocycles. The molecular weight excluding hydrogens is 296 g/mol. The molecule has 0 unspecified atom stereocenters. The molecule has 0 aliphatic rings. The first kappa shape index (κ1) is 17.6. The van der Waals surface area contributed by atoms with Gasteiger partial charge in [0.05, 0.1) is 12.4 Å². The second kappa shape index (κ2) is 8.08. The topological polar surface area (TPSA) is 94.4 Å². The van der Waals surface area contributed by atoms with E-state index >= 15 is 0 Å². The lowest BCUT2D eigenvalue weighted by Gasteiger charge is -2.19. The maximum absolute atomic E-state index is 12.2. The van der Waals surface area contributed by atoms with Crippen LogP contribution in [0.1, 0.15) is 27.2 Å². The molecule has 1 rings (SSSR count). The lowest BCUT2D eigenvalue weighted by molar-refractivity contribution is 0.111. The minimum Gasteiger partial charge on any atom is -0.380 e. The summed E-state index contributed by atoms with van der Waals surface area (Å²) in [6, 6.07) is -0.414. The van der Waals surface area contributed by atoms with Crippen molar-refractivity contribution in [3.8, 4) is 0 Å². The van der Waals surface area contributed by atoms with Gasteiger partial charge in [-0.05, 0) is 13.3 Å². The zero-order valence-corrected chi connectivity index (χ0v) is 13.5. The van der Waals surface area contributed by atoms with Gasteiger partial charge in [0.25, 0.3) is 5.16 Å². The monoisotopic (exact) mass is 318 g/mol. The van der Waals surface area contributed by atoms with Gasteiger partial charge >= 0.3 is 6.03 Å². The van der Waals surface area contributed by atoms with Crippen molar-refractivity contribution in [1.29, 1.82) is 0 Å². The van der Waals surface area contributed by atoms with Gasteiger partial charge in [-0.25, -0.2) is 18.2 Å². The van der Waals surface area contributed by atoms with Gasteiger partial charge in [0.1, 0.15) is 6.33 Å². The first-order chi connectivity index (χ1) is 9.96. The molecule has 8 nitrogen and oxygen atoms in total. The predicted molar refractivity (Wildman–Crippen MR) is 76.9 cm³/mol. The van der Waals surface area contributed by atoms with E-state index in [1.807, 2.05) is 13.8 Å². The molecule has 1 heterocycles. The molecule has 0 bridgehead atoms. The van der Waals surface area contributed by atoms with E-state index in [-0.39, 0.29) is 10.9 Å². The first-order valence-corrected chi connectivity index (χ1v) is 8.62. The molecule has 9 heteroatoms. The number of sulfone groups is 1. The number of nitrogens with zero attached hydrogens (tertiary/aromatic N) is 4. The Balaban J connectivity index is 2.72. The molecule has 1 aromatic rings. The Morgan fingerprint density at radius 2 is 2.05 bits per heavy atom. The Labute approximate surface area is 125 Å². The second-order valence-corrected chi connectivity index (χ2v) is 6.52. The summed E-state index contributed by atoms with van der Waals surface area (Å²) in [5.41, 5.74) is 0. The lowest BCUT2D eigenvalue weighted by atomic mass is 10.5. The molecule has 21 heavy (non-hydrogen) atoms. The standard InChI is InChI=1S/C12H22N4O4S/c1-4-8-20-9-7-15(5-2)12(17)16-10-13-11(14-16)21(18,19)6-3/h10H,4-9H2,1-3H3. The third kappa shape index (κ3) is 4.78. The van der Waals surface area contributed by atoms with Crippen molar-refractivity contribution in [3.63, 3.8) is 0 Å². The van der Waals surface area contributed by atoms with Gasteiger partial charge in [0.2, 0.25) is 9.84 Å². The Hall–Kier alpha value is -1.48. The van der Waals surface area contributed by atoms with Crippen LogP contribution in [-0.2, 0) is 14.6 Å². The first-order valence-electron chi connectivity index (χ1n) is 6.97. The van der Waals surface area contributed by atoms with Crippen LogP contribution in [0.25, 0.3) is 0 Å². The average molecular weight is 318 g/mol. The maximum Gasteiger partial charge on any atom is 0.346 e. The van der Waals surface area contributed by atoms with E-state index in [0.29, 0.717) is 26.3 Å². The zero-order chi connectivity index (χ0) is 15.9. The molecule has 120 valence electrons. The number of likely N-dealkylation sites (N-methyl/N-ethyl adjacent to an activating group) is 1. The minimum absolute atomic E-state index is 0.104. The van der Waals surface area contributed by atoms with E-state index in [1.54, 1.807) is 0 Å². The number of aromatic nitrogens is 3. The highest BCUT2D eigenvalue weighted by molar-refractivity contribution is 7.91. The fourth-order valence-corrected chi connectivity index (χ4v) is 2.25. The van der Waals surface area contributed by atoms with Crippen LogP contribution in [0.4, 0.5) is 4.79 Å². The highest BCUT2D eigenvalue weighted by Gasteiger charge is 2.21. The molecule has 0 saturated carbocycles. The molecule has 1 amide bonds. The summed E-state index contributed by atoms with van der Waals surface area (Å²) in [6.45, 7) is 7.32. The van der Waals surface area contributed by atoms with Crippen LogP contribution in [0.5, 0.6) is 0 Å². The summed E-state index contributed by atoms with van der Waals surface area (Å²) >= 11 is 0. The minimum atomic E-state index is -3.51. The van der Waals surface area contributed by atoms with Crippen molar-refractivity contribution in [3.05, 3.63) is 6.33 Å². The van der Waals surface area contributed by atoms with Gasteiger partial charge in [-0.3, -0.25) is 0 Å². The third-order valence-electron chi connectivity index (χ3n) is 2.83. The summed E-state index contributed by atoms with van der Waals surface area (Å²) < 4.78 is 29.6. The van der Waals surface area contributed by atoms with Crippen LogP contribution < -0.4 is 0 Å². The largest absolute Gasteiger partial charge is 0.380 e. The van der Waals surface area contributed by atoms with Crippen molar-refractivity contribution < 1.29 is 17.9 Å². The molecule has 0 radical (unpaired) electrons. The van der Waals surface area contributed by atoms with Crippen molar-refractivity contribution in [2.24, 2.45) is 0 Å². The summed E-state index contributed by atoms with van der Waals surface area (Å²) in [6.07, 6.45) is 2.04. The molecule has 0 saturated heterocycles. The van der Waals surface area contributed by atoms with Crippen molar-refractivity contribution in [2.75, 3.05) is 32.1 Å². The average Bonchev–Trinajstić information content (AvgIpc) is 2.97. The summed E-state index contributed by atoms with van der Waals surface area (Å²) in [5.74, 6) is -0.104. The number of carbonyl (C=O) groups is 1. The molecule has 0 N–H and O–H groups in total. The highest BCUT2D eigenvalue weighted by Crippen LogP contribution is 2.04. The number of hydrogen-bond acceptors (Lipinski definition) is 6. The SMILES string of the molecule is CCCOCCN(CC)C(=O)n1cnc(S(=O)(=O)CC)n1. The van der Waals surface area contributed by atoms with E-state index in [2.05, 4.69) is 10.1 Å². The second-order valence-electron chi connectivity index (χ2n) is 4.35. The van der Waals surface area contributed by atoms with Crippen molar-refractivity contribution in [1.82, 2.24) is 19.7 Å². The number of rotatable bonds is 8. The Kier molecular flexibility index (Phi) is 6.76. The van der Waals surface area contributed by atoms with Gasteiger partial charge in [-0.15, -0.1) is 5.10 Å². The fraction of sp³-hybridized carbons (Fsp3) is 0.750. The molecular formula is C12H22N4O4S. The van der Waals surface area contributed by atoms with Crippen LogP contribution in [0.3, 0.4) is 0 Å². The Bertz CT molecular complexity index is 555. The van der Waals surface area contributed by atoms with Gasteiger partial charge in [0.15, 0.2) is 0 Å². The molecule has 0 aliphatic heterocycles. The maximum atomic E-state index is 12.2. The van der Waals surface area contributed by atoms with E-state index < -0.39 is 15.9 Å². The number of amides is 1. The van der Waals surface area contributed by atoms with Crippen molar-refractivity contribution in [2.45, 2.75) is 32.3 Å². The van der Waals surface area contributed by atoms with Gasteiger partial charge in [-0.2, -0.15) is 4.68 Å². The number of hydrogen-bond donors (Lipinski definition) is 0. The van der Waals surface area contributed by atoms with Gasteiger partial charge < -0.3 is 9.64 Å². The molecule has 0 aromatic carbocycles. The molecule has 0 atom stereocenters. The lowest BCUT2D eigenvalue weighted by Crippen LogP contribution is -2.37. The van der Waals surface area contributed by atoms with Gasteiger partial charge in [0, 0.05) is 19.7 Å². The molecule has 0 spiro atoms. The normalized spacial score (nSPS) is 11.6. The smallest absolute Gasteiger partial charge is 0.346 e. The van der Waals surface area contributed by atoms with E-state index in [9.17, 15) is 13.2 Å². The van der Waals surface area contributed by atoms with E-state index in [4.69, 9.17) is 4.74 Å². The van der Waals surface area contributed by atoms with E-state index in [0.717, 1.165) is 17.4 Å². The van der Waals surface area contributed by atoms with E-state index in [1.165, 1.54) is 11.8 Å². The van der Waals surface area contributed by atoms with Gasteiger partial charge in [-0.1, -0.05) is 13.8 Å². The highest BCUT2D eigenvalue weighted by atomic mass is 32.2. The fourth-order valence-electron chi connectivity index (χ4n) is 1.57. The summed E-state index contributed by atoms with van der Waals surface area (Å²) in [4.78, 5) is 17.4. The third-order valence-corrected chi connectivity index (χ3v) is 4.33. The Morgan fingerprint density at radius 3 is 2.62 bits per heavy atom. The predicted octanol–water partition coefficient (Wildman–Crippen LogP) is 0.788. The Morgan fingerprint density at radius 1 is 1.33 bits per heavy atom. The number of ether oxygens (including phenoxy) is 1. The number of carbonyl (C=O) groups excluding carboxylic acids is 1. The van der Waals surface area contributed by atoms with Crippen LogP contribution in [0.15, 0.2) is 11.5 Å². The van der Waals surface area contributed by atoms with Crippen LogP contribution in [0.2, 0.25) is 0 Å². The van der Waals surface area contributed by atoms with Crippen molar-refractivity contribution >= 4 is 15.9 Å². The summed E-state index contributed by atoms with van der Waals surface area (Å²) in [5, 5.41) is 3.43. The molecule has 0 aliphatic carbocycles.